The Balaban J connectivity index is 1.67. The van der Waals surface area contributed by atoms with Crippen molar-refractivity contribution in [2.24, 2.45) is 5.73 Å². The highest BCUT2D eigenvalue weighted by Gasteiger charge is 2.34. The Kier molecular flexibility index (Phi) is 5.13. The highest BCUT2D eigenvalue weighted by molar-refractivity contribution is 7.09. The summed E-state index contributed by atoms with van der Waals surface area (Å²) < 4.78 is 0. The molecule has 0 saturated carbocycles. The van der Waals surface area contributed by atoms with E-state index in [1.807, 2.05) is 12.1 Å². The number of carbonyl (C=O) groups is 2. The van der Waals surface area contributed by atoms with Gasteiger partial charge in [-0.3, -0.25) is 9.59 Å². The highest BCUT2D eigenvalue weighted by atomic mass is 35.5. The lowest BCUT2D eigenvalue weighted by atomic mass is 10.2. The molecule has 0 radical (unpaired) electrons. The third-order valence-corrected chi connectivity index (χ3v) is 5.02. The van der Waals surface area contributed by atoms with E-state index in [1.54, 1.807) is 22.4 Å². The van der Waals surface area contributed by atoms with Gasteiger partial charge in [-0.2, -0.15) is 0 Å². The quantitative estimate of drug-likeness (QED) is 0.847. The van der Waals surface area contributed by atoms with Gasteiger partial charge in [-0.05, 0) is 25.1 Å². The number of halogens is 1. The number of amides is 2. The van der Waals surface area contributed by atoms with Crippen molar-refractivity contribution in [3.63, 3.8) is 0 Å². The smallest absolute Gasteiger partial charge is 0.271 e. The van der Waals surface area contributed by atoms with Crippen molar-refractivity contribution >= 4 is 40.4 Å². The molecule has 1 aliphatic heterocycles. The van der Waals surface area contributed by atoms with Gasteiger partial charge in [0.2, 0.25) is 5.91 Å². The molecule has 1 unspecified atom stereocenters. The monoisotopic (exact) mass is 364 g/mol. The van der Waals surface area contributed by atoms with Crippen LogP contribution in [0.15, 0.2) is 29.6 Å². The molecule has 2 amide bonds. The number of para-hydroxylation sites is 1. The maximum Gasteiger partial charge on any atom is 0.271 e. The molecule has 2 heterocycles. The van der Waals surface area contributed by atoms with Crippen LogP contribution in [-0.2, 0) is 11.2 Å². The summed E-state index contributed by atoms with van der Waals surface area (Å²) >= 11 is 7.55. The third kappa shape index (κ3) is 3.43. The predicted octanol–water partition coefficient (Wildman–Crippen LogP) is 1.83. The number of carbonyl (C=O) groups excluding carboxylic acids is 2. The first-order valence-electron chi connectivity index (χ1n) is 7.61. The fraction of sp³-hybridized carbons (Fsp3) is 0.312. The molecule has 6 nitrogen and oxygen atoms in total. The van der Waals surface area contributed by atoms with Gasteiger partial charge in [0.1, 0.15) is 11.7 Å². The van der Waals surface area contributed by atoms with Crippen LogP contribution in [0.2, 0.25) is 5.02 Å². The number of hydrogen-bond acceptors (Lipinski definition) is 5. The Morgan fingerprint density at radius 3 is 3.00 bits per heavy atom. The van der Waals surface area contributed by atoms with E-state index in [0.29, 0.717) is 42.3 Å². The summed E-state index contributed by atoms with van der Waals surface area (Å²) in [4.78, 5) is 30.7. The Hall–Kier alpha value is -1.96. The van der Waals surface area contributed by atoms with Gasteiger partial charge < -0.3 is 16.0 Å². The molecule has 0 bridgehead atoms. The molecular weight excluding hydrogens is 348 g/mol. The molecule has 2 aromatic rings. The van der Waals surface area contributed by atoms with Crippen molar-refractivity contribution in [2.45, 2.75) is 18.9 Å². The zero-order valence-corrected chi connectivity index (χ0v) is 14.4. The van der Waals surface area contributed by atoms with Crippen molar-refractivity contribution in [1.82, 2.24) is 10.3 Å². The van der Waals surface area contributed by atoms with Crippen LogP contribution in [0.3, 0.4) is 0 Å². The van der Waals surface area contributed by atoms with Crippen LogP contribution >= 0.6 is 22.9 Å². The molecule has 1 saturated heterocycles. The first kappa shape index (κ1) is 16.9. The molecule has 1 atom stereocenters. The van der Waals surface area contributed by atoms with Gasteiger partial charge in [0.05, 0.1) is 15.7 Å². The Labute approximate surface area is 148 Å². The lowest BCUT2D eigenvalue weighted by Gasteiger charge is -2.18. The summed E-state index contributed by atoms with van der Waals surface area (Å²) in [5.41, 5.74) is 6.48. The van der Waals surface area contributed by atoms with Gasteiger partial charge in [0.25, 0.3) is 5.91 Å². The van der Waals surface area contributed by atoms with Crippen molar-refractivity contribution < 1.29 is 9.59 Å². The normalized spacial score (nSPS) is 17.3. The Morgan fingerprint density at radius 2 is 2.25 bits per heavy atom. The SMILES string of the molecule is NCCc1nc(C(=O)NC2CCN(c3ccccc3Cl)C2=O)cs1. The van der Waals surface area contributed by atoms with E-state index in [0.717, 1.165) is 5.01 Å². The van der Waals surface area contributed by atoms with Crippen LogP contribution in [0, 0.1) is 0 Å². The highest BCUT2D eigenvalue weighted by Crippen LogP contribution is 2.29. The molecule has 24 heavy (non-hydrogen) atoms. The first-order valence-corrected chi connectivity index (χ1v) is 8.87. The maximum atomic E-state index is 12.6. The van der Waals surface area contributed by atoms with Gasteiger partial charge in [-0.1, -0.05) is 23.7 Å². The maximum absolute atomic E-state index is 12.6. The van der Waals surface area contributed by atoms with E-state index in [1.165, 1.54) is 11.3 Å². The molecule has 3 rings (SSSR count). The zero-order valence-electron chi connectivity index (χ0n) is 12.9. The largest absolute Gasteiger partial charge is 0.339 e. The second kappa shape index (κ2) is 7.29. The van der Waals surface area contributed by atoms with Crippen LogP contribution < -0.4 is 16.0 Å². The van der Waals surface area contributed by atoms with Crippen molar-refractivity contribution in [1.29, 1.82) is 0 Å². The zero-order chi connectivity index (χ0) is 17.1. The van der Waals surface area contributed by atoms with Crippen LogP contribution in [0.25, 0.3) is 0 Å². The van der Waals surface area contributed by atoms with E-state index in [9.17, 15) is 9.59 Å². The molecule has 1 aromatic carbocycles. The number of anilines is 1. The molecule has 1 aromatic heterocycles. The summed E-state index contributed by atoms with van der Waals surface area (Å²) in [6.45, 7) is 1.01. The second-order valence-corrected chi connectivity index (χ2v) is 6.77. The number of benzene rings is 1. The second-order valence-electron chi connectivity index (χ2n) is 5.42. The van der Waals surface area contributed by atoms with E-state index >= 15 is 0 Å². The molecule has 1 fully saturated rings. The summed E-state index contributed by atoms with van der Waals surface area (Å²) in [5.74, 6) is -0.497. The fourth-order valence-corrected chi connectivity index (χ4v) is 3.64. The minimum atomic E-state index is -0.562. The number of nitrogens with zero attached hydrogens (tertiary/aromatic N) is 2. The van der Waals surface area contributed by atoms with Crippen LogP contribution in [0.5, 0.6) is 0 Å². The van der Waals surface area contributed by atoms with Gasteiger partial charge in [-0.25, -0.2) is 4.98 Å². The summed E-state index contributed by atoms with van der Waals surface area (Å²) in [5, 5.41) is 5.78. The standard InChI is InChI=1S/C16H17ClN4O2S/c17-10-3-1-2-4-13(10)21-8-6-11(16(21)23)20-15(22)12-9-24-14(19-12)5-7-18/h1-4,9,11H,5-8,18H2,(H,20,22). The average molecular weight is 365 g/mol. The van der Waals surface area contributed by atoms with Crippen LogP contribution in [-0.4, -0.2) is 35.9 Å². The van der Waals surface area contributed by atoms with Gasteiger partial charge in [-0.15, -0.1) is 11.3 Å². The summed E-state index contributed by atoms with van der Waals surface area (Å²) in [7, 11) is 0. The Bertz CT molecular complexity index is 764. The lowest BCUT2D eigenvalue weighted by Crippen LogP contribution is -2.41. The topological polar surface area (TPSA) is 88.3 Å². The number of nitrogens with one attached hydrogen (secondary N) is 1. The lowest BCUT2D eigenvalue weighted by molar-refractivity contribution is -0.118. The number of rotatable bonds is 5. The number of nitrogens with two attached hydrogens (primary N) is 1. The van der Waals surface area contributed by atoms with Gasteiger partial charge in [0.15, 0.2) is 0 Å². The molecule has 8 heteroatoms. The molecule has 0 spiro atoms. The average Bonchev–Trinajstić information content (AvgIpc) is 3.17. The number of hydrogen-bond donors (Lipinski definition) is 2. The van der Waals surface area contributed by atoms with E-state index in [2.05, 4.69) is 10.3 Å². The van der Waals surface area contributed by atoms with E-state index in [-0.39, 0.29) is 11.8 Å². The van der Waals surface area contributed by atoms with E-state index < -0.39 is 6.04 Å². The van der Waals surface area contributed by atoms with Crippen LogP contribution in [0.4, 0.5) is 5.69 Å². The van der Waals surface area contributed by atoms with Crippen molar-refractivity contribution in [3.05, 3.63) is 45.4 Å². The fourth-order valence-electron chi connectivity index (χ4n) is 2.61. The molecule has 3 N–H and O–H groups in total. The molecule has 0 aliphatic carbocycles. The van der Waals surface area contributed by atoms with Crippen molar-refractivity contribution in [3.8, 4) is 0 Å². The molecule has 1 aliphatic rings. The van der Waals surface area contributed by atoms with Crippen LogP contribution in [0.1, 0.15) is 21.9 Å². The molecular formula is C16H17ClN4O2S. The Morgan fingerprint density at radius 1 is 1.46 bits per heavy atom. The first-order chi connectivity index (χ1) is 11.6. The number of aromatic nitrogens is 1. The minimum Gasteiger partial charge on any atom is -0.339 e. The predicted molar refractivity (Wildman–Crippen MR) is 94.5 cm³/mol. The van der Waals surface area contributed by atoms with Gasteiger partial charge >= 0.3 is 0 Å². The number of thiazole rings is 1. The van der Waals surface area contributed by atoms with Crippen molar-refractivity contribution in [2.75, 3.05) is 18.0 Å². The van der Waals surface area contributed by atoms with E-state index in [4.69, 9.17) is 17.3 Å². The van der Waals surface area contributed by atoms with Gasteiger partial charge in [0, 0.05) is 18.3 Å². The molecule has 126 valence electrons. The minimum absolute atomic E-state index is 0.158. The third-order valence-electron chi connectivity index (χ3n) is 3.80. The summed E-state index contributed by atoms with van der Waals surface area (Å²) in [6, 6.07) is 6.61. The summed E-state index contributed by atoms with van der Waals surface area (Å²) in [6.07, 6.45) is 1.18.